The lowest BCUT2D eigenvalue weighted by Gasteiger charge is -2.43. The second-order valence-corrected chi connectivity index (χ2v) is 21.9. The summed E-state index contributed by atoms with van der Waals surface area (Å²) in [6.45, 7) is 24.3. The van der Waals surface area contributed by atoms with E-state index in [-0.39, 0.29) is 40.4 Å². The molecule has 1 aromatic carbocycles. The Balaban J connectivity index is 1.77. The molecule has 1 aromatic rings. The van der Waals surface area contributed by atoms with Crippen molar-refractivity contribution in [3.8, 4) is 0 Å². The number of rotatable bonds is 8. The molecule has 0 N–H and O–H groups in total. The highest BCUT2D eigenvalue weighted by molar-refractivity contribution is 6.74. The van der Waals surface area contributed by atoms with Crippen molar-refractivity contribution in [1.29, 1.82) is 0 Å². The van der Waals surface area contributed by atoms with E-state index >= 15 is 0 Å². The van der Waals surface area contributed by atoms with Crippen LogP contribution in [0.3, 0.4) is 0 Å². The van der Waals surface area contributed by atoms with E-state index in [1.165, 1.54) is 5.56 Å². The Morgan fingerprint density at radius 1 is 0.774 bits per heavy atom. The summed E-state index contributed by atoms with van der Waals surface area (Å²) in [7, 11) is -3.87. The van der Waals surface area contributed by atoms with Crippen LogP contribution in [0.15, 0.2) is 30.3 Å². The fraction of sp³-hybridized carbons (Fsp3) is 0.760. The van der Waals surface area contributed by atoms with E-state index < -0.39 is 16.6 Å². The van der Waals surface area contributed by atoms with Crippen LogP contribution >= 0.6 is 0 Å². The van der Waals surface area contributed by atoms with Gasteiger partial charge in [-0.1, -0.05) is 71.9 Å². The highest BCUT2D eigenvalue weighted by Gasteiger charge is 2.65. The van der Waals surface area contributed by atoms with Crippen LogP contribution in [0.2, 0.25) is 36.3 Å². The molecule has 4 nitrogen and oxygen atoms in total. The molecule has 1 aliphatic heterocycles. The molecule has 0 aromatic heterocycles. The van der Waals surface area contributed by atoms with Gasteiger partial charge in [0.15, 0.2) is 16.6 Å². The van der Waals surface area contributed by atoms with Gasteiger partial charge < -0.3 is 18.3 Å². The molecule has 1 unspecified atom stereocenters. The Morgan fingerprint density at radius 2 is 1.23 bits per heavy atom. The molecule has 1 aliphatic carbocycles. The van der Waals surface area contributed by atoms with Crippen molar-refractivity contribution in [2.75, 3.05) is 6.61 Å². The molecule has 0 bridgehead atoms. The second-order valence-electron chi connectivity index (χ2n) is 12.4. The zero-order chi connectivity index (χ0) is 23.2. The maximum absolute atomic E-state index is 6.93. The fourth-order valence-corrected chi connectivity index (χ4v) is 6.44. The summed E-state index contributed by atoms with van der Waals surface area (Å²) in [5.41, 5.74) is 1.20. The fourth-order valence-electron chi connectivity index (χ4n) is 3.76. The normalized spacial score (nSPS) is 29.2. The molecule has 6 heteroatoms. The molecule has 31 heavy (non-hydrogen) atoms. The number of hydrogen-bond acceptors (Lipinski definition) is 4. The van der Waals surface area contributed by atoms with Gasteiger partial charge in [0.1, 0.15) is 12.2 Å². The Labute approximate surface area is 192 Å². The highest BCUT2D eigenvalue weighted by atomic mass is 28.4. The molecular formula is C25H44O4Si2. The molecule has 176 valence electrons. The molecule has 1 saturated heterocycles. The zero-order valence-corrected chi connectivity index (χ0v) is 23.3. The Kier molecular flexibility index (Phi) is 7.04. The Bertz CT molecular complexity index is 696. The van der Waals surface area contributed by atoms with Gasteiger partial charge in [0.2, 0.25) is 0 Å². The van der Waals surface area contributed by atoms with Crippen LogP contribution in [0.25, 0.3) is 0 Å². The van der Waals surface area contributed by atoms with E-state index in [0.29, 0.717) is 13.2 Å². The van der Waals surface area contributed by atoms with Crippen LogP contribution in [-0.4, -0.2) is 47.7 Å². The summed E-state index contributed by atoms with van der Waals surface area (Å²) in [6, 6.07) is 10.4. The first-order chi connectivity index (χ1) is 14.1. The lowest BCUT2D eigenvalue weighted by molar-refractivity contribution is -0.0418. The predicted molar refractivity (Wildman–Crippen MR) is 132 cm³/mol. The van der Waals surface area contributed by atoms with Gasteiger partial charge >= 0.3 is 0 Å². The predicted octanol–water partition coefficient (Wildman–Crippen LogP) is 6.38. The van der Waals surface area contributed by atoms with Gasteiger partial charge in [-0.25, -0.2) is 0 Å². The number of fused-ring (bicyclic) bond motifs is 1. The molecule has 5 atom stereocenters. The summed E-state index contributed by atoms with van der Waals surface area (Å²) in [6.07, 6.45) is 0.399. The third-order valence-corrected chi connectivity index (χ3v) is 16.9. The number of hydrogen-bond donors (Lipinski definition) is 0. The van der Waals surface area contributed by atoms with Gasteiger partial charge in [0.25, 0.3) is 0 Å². The second kappa shape index (κ2) is 8.69. The zero-order valence-electron chi connectivity index (χ0n) is 21.3. The molecular weight excluding hydrogens is 420 g/mol. The molecule has 0 amide bonds. The monoisotopic (exact) mass is 464 g/mol. The van der Waals surface area contributed by atoms with Crippen LogP contribution in [0.5, 0.6) is 0 Å². The van der Waals surface area contributed by atoms with Crippen molar-refractivity contribution in [3.05, 3.63) is 35.9 Å². The molecule has 1 heterocycles. The largest absolute Gasteiger partial charge is 0.411 e. The lowest BCUT2D eigenvalue weighted by Crippen LogP contribution is -2.51. The average Bonchev–Trinajstić information content (AvgIpc) is 3.36. The molecule has 2 fully saturated rings. The van der Waals surface area contributed by atoms with Crippen molar-refractivity contribution in [1.82, 2.24) is 0 Å². The minimum atomic E-state index is -1.93. The Morgan fingerprint density at radius 3 is 1.65 bits per heavy atom. The van der Waals surface area contributed by atoms with Crippen molar-refractivity contribution >= 4 is 16.6 Å². The van der Waals surface area contributed by atoms with Crippen LogP contribution in [0, 0.1) is 5.92 Å². The van der Waals surface area contributed by atoms with E-state index in [1.54, 1.807) is 0 Å². The minimum Gasteiger partial charge on any atom is -0.411 e. The van der Waals surface area contributed by atoms with E-state index in [0.717, 1.165) is 0 Å². The lowest BCUT2D eigenvalue weighted by atomic mass is 10.0. The van der Waals surface area contributed by atoms with Gasteiger partial charge in [0.05, 0.1) is 25.4 Å². The minimum absolute atomic E-state index is 0.0523. The summed E-state index contributed by atoms with van der Waals surface area (Å²) < 4.78 is 26.2. The topological polar surface area (TPSA) is 40.2 Å². The first kappa shape index (κ1) is 25.1. The first-order valence-electron chi connectivity index (χ1n) is 11.8. The summed E-state index contributed by atoms with van der Waals surface area (Å²) >= 11 is 0. The average molecular weight is 465 g/mol. The number of benzene rings is 1. The van der Waals surface area contributed by atoms with Crippen LogP contribution < -0.4 is 0 Å². The molecule has 2 aliphatic rings. The molecule has 1 saturated carbocycles. The third kappa shape index (κ3) is 5.53. The quantitative estimate of drug-likeness (QED) is 0.330. The standard InChI is InChI=1S/C25H44O4Si2/c1-24(2,3)30(7,8)28-20-19(17-26-16-18-14-12-11-13-15-18)21(23-22(20)27-23)29-31(9,10)25(4,5)6/h11-15,19-23H,16-17H2,1-10H3/t19?,20-,21+,22-,23+. The summed E-state index contributed by atoms with van der Waals surface area (Å²) in [4.78, 5) is 0. The maximum atomic E-state index is 6.93. The number of epoxide rings is 1. The van der Waals surface area contributed by atoms with Gasteiger partial charge in [-0.15, -0.1) is 0 Å². The van der Waals surface area contributed by atoms with Crippen molar-refractivity contribution in [2.24, 2.45) is 5.92 Å². The van der Waals surface area contributed by atoms with E-state index in [4.69, 9.17) is 18.3 Å². The van der Waals surface area contributed by atoms with Gasteiger partial charge in [-0.3, -0.25) is 0 Å². The van der Waals surface area contributed by atoms with E-state index in [1.807, 2.05) is 6.07 Å². The van der Waals surface area contributed by atoms with Gasteiger partial charge in [-0.2, -0.15) is 0 Å². The molecule has 0 radical (unpaired) electrons. The highest BCUT2D eigenvalue weighted by Crippen LogP contribution is 2.51. The third-order valence-electron chi connectivity index (χ3n) is 7.95. The maximum Gasteiger partial charge on any atom is 0.192 e. The van der Waals surface area contributed by atoms with Gasteiger partial charge in [0, 0.05) is 5.92 Å². The SMILES string of the molecule is CC(C)(C)[Si](C)(C)O[C@@H]1C(COCc2ccccc2)[C@H](O[Si](C)(C)C(C)(C)C)[C@@H]2O[C@@H]21. The van der Waals surface area contributed by atoms with Crippen molar-refractivity contribution in [2.45, 2.75) is 109 Å². The number of ether oxygens (including phenoxy) is 2. The van der Waals surface area contributed by atoms with E-state index in [2.05, 4.69) is 92.0 Å². The smallest absolute Gasteiger partial charge is 0.192 e. The van der Waals surface area contributed by atoms with Crippen LogP contribution in [0.1, 0.15) is 47.1 Å². The van der Waals surface area contributed by atoms with Crippen LogP contribution in [-0.2, 0) is 24.9 Å². The molecule has 3 rings (SSSR count). The summed E-state index contributed by atoms with van der Waals surface area (Å²) in [5, 5.41) is 0.316. The van der Waals surface area contributed by atoms with Crippen molar-refractivity contribution < 1.29 is 18.3 Å². The van der Waals surface area contributed by atoms with E-state index in [9.17, 15) is 0 Å². The van der Waals surface area contributed by atoms with Crippen LogP contribution in [0.4, 0.5) is 0 Å². The van der Waals surface area contributed by atoms with Crippen molar-refractivity contribution in [3.63, 3.8) is 0 Å². The molecule has 0 spiro atoms. The van der Waals surface area contributed by atoms with Gasteiger partial charge in [-0.05, 0) is 41.8 Å². The Hall–Kier alpha value is -0.506. The first-order valence-corrected chi connectivity index (χ1v) is 17.6. The summed E-state index contributed by atoms with van der Waals surface area (Å²) in [5.74, 6) is 0.204.